The van der Waals surface area contributed by atoms with Crippen molar-refractivity contribution in [1.29, 1.82) is 0 Å². The molecule has 0 saturated carbocycles. The first-order valence-electron chi connectivity index (χ1n) is 3.82. The van der Waals surface area contributed by atoms with Crippen molar-refractivity contribution in [3.8, 4) is 0 Å². The molecule has 0 fully saturated rings. The van der Waals surface area contributed by atoms with Crippen LogP contribution in [0.2, 0.25) is 0 Å². The smallest absolute Gasteiger partial charge is 0.748 e. The van der Waals surface area contributed by atoms with Crippen LogP contribution in [0.1, 0.15) is 12.8 Å². The summed E-state index contributed by atoms with van der Waals surface area (Å²) in [6.45, 7) is 3.19. The zero-order chi connectivity index (χ0) is 13.6. The van der Waals surface area contributed by atoms with Crippen molar-refractivity contribution in [3.63, 3.8) is 0 Å². The van der Waals surface area contributed by atoms with Gasteiger partial charge in [0.05, 0.1) is 10.1 Å². The maximum atomic E-state index is 9.64. The topological polar surface area (TPSA) is 108 Å². The van der Waals surface area contributed by atoms with Gasteiger partial charge in [-0.1, -0.05) is 31.9 Å². The second kappa shape index (κ2) is 24.5. The van der Waals surface area contributed by atoms with Gasteiger partial charge in [0.15, 0.2) is 0 Å². The maximum absolute atomic E-state index is 9.64. The van der Waals surface area contributed by atoms with Gasteiger partial charge in [-0.15, -0.1) is 12.6 Å². The van der Waals surface area contributed by atoms with Crippen LogP contribution in [-0.2, 0) is 20.7 Å². The monoisotopic (exact) mass is 448 g/mol. The number of hydrogen-bond acceptors (Lipinski definition) is 6. The Labute approximate surface area is 171 Å². The van der Waals surface area contributed by atoms with E-state index in [4.69, 9.17) is 12.6 Å². The van der Waals surface area contributed by atoms with Crippen molar-refractivity contribution in [2.45, 2.75) is 12.8 Å². The molecule has 0 aliphatic rings. The van der Waals surface area contributed by atoms with Crippen LogP contribution in [0, 0.1) is 6.92 Å². The van der Waals surface area contributed by atoms with Crippen LogP contribution in [0.4, 0.5) is 0 Å². The van der Waals surface area contributed by atoms with Gasteiger partial charge in [0.2, 0.25) is 0 Å². The van der Waals surface area contributed by atoms with Gasteiger partial charge < -0.3 is 11.5 Å². The minimum atomic E-state index is -3.99. The summed E-state index contributed by atoms with van der Waals surface area (Å²) in [6.07, 6.45) is 1.38. The molecule has 6 nitrogen and oxygen atoms in total. The van der Waals surface area contributed by atoms with Crippen molar-refractivity contribution in [2.24, 2.45) is 0 Å². The van der Waals surface area contributed by atoms with E-state index in [2.05, 4.69) is 38.8 Å². The maximum Gasteiger partial charge on any atom is 1.00 e. The van der Waals surface area contributed by atoms with Gasteiger partial charge in [-0.2, -0.15) is 6.42 Å². The molecule has 0 saturated heterocycles. The Morgan fingerprint density at radius 1 is 1.06 bits per heavy atom. The van der Waals surface area contributed by atoms with Crippen molar-refractivity contribution in [2.75, 3.05) is 16.4 Å². The quantitative estimate of drug-likeness (QED) is 0.184. The SMILES string of the molecule is BrCCCBr.O=S(=O)=O.[CH2-]CCS(=O)(=O)[O-].[Na+].[Na+]. The fourth-order valence-electron chi connectivity index (χ4n) is 0.227. The van der Waals surface area contributed by atoms with Gasteiger partial charge in [0.1, 0.15) is 0 Å². The molecule has 0 N–H and O–H groups in total. The molecule has 0 rings (SSSR count). The Hall–Kier alpha value is 2.49. The average molecular weight is 450 g/mol. The van der Waals surface area contributed by atoms with Crippen molar-refractivity contribution >= 4 is 52.6 Å². The third-order valence-electron chi connectivity index (χ3n) is 0.662. The molecular formula is C6H12Br2Na2O6S2. The van der Waals surface area contributed by atoms with E-state index in [1.165, 1.54) is 6.42 Å². The summed E-state index contributed by atoms with van der Waals surface area (Å²) in [5.41, 5.74) is 0. The summed E-state index contributed by atoms with van der Waals surface area (Å²) in [6, 6.07) is 0. The van der Waals surface area contributed by atoms with Gasteiger partial charge >= 0.3 is 69.7 Å². The molecule has 18 heavy (non-hydrogen) atoms. The first-order valence-corrected chi connectivity index (χ1v) is 8.64. The Balaban J connectivity index is -0.0000000463. The van der Waals surface area contributed by atoms with E-state index in [-0.39, 0.29) is 71.3 Å². The molecule has 0 unspecified atom stereocenters. The largest absolute Gasteiger partial charge is 1.00 e. The molecule has 0 bridgehead atoms. The van der Waals surface area contributed by atoms with E-state index in [0.29, 0.717) is 0 Å². The number of alkyl halides is 2. The molecule has 0 aliphatic heterocycles. The molecule has 0 radical (unpaired) electrons. The van der Waals surface area contributed by atoms with Crippen molar-refractivity contribution in [1.82, 2.24) is 0 Å². The molecule has 0 aliphatic carbocycles. The van der Waals surface area contributed by atoms with Crippen LogP contribution in [0.5, 0.6) is 0 Å². The van der Waals surface area contributed by atoms with E-state index in [9.17, 15) is 13.0 Å². The van der Waals surface area contributed by atoms with Crippen LogP contribution in [0.25, 0.3) is 0 Å². The molecule has 0 aromatic carbocycles. The average Bonchev–Trinajstić information content (AvgIpc) is 2.03. The Morgan fingerprint density at radius 2 is 1.33 bits per heavy atom. The molecule has 0 spiro atoms. The number of rotatable bonds is 4. The first kappa shape index (κ1) is 32.4. The summed E-state index contributed by atoms with van der Waals surface area (Å²) in [5, 5.41) is 2.22. The third-order valence-corrected chi connectivity index (χ3v) is 2.57. The minimum Gasteiger partial charge on any atom is -0.748 e. The van der Waals surface area contributed by atoms with Gasteiger partial charge in [-0.05, 0) is 6.42 Å². The molecular weight excluding hydrogens is 438 g/mol. The van der Waals surface area contributed by atoms with E-state index in [1.54, 1.807) is 0 Å². The van der Waals surface area contributed by atoms with Gasteiger partial charge in [0.25, 0.3) is 0 Å². The van der Waals surface area contributed by atoms with E-state index < -0.39 is 20.7 Å². The molecule has 0 atom stereocenters. The normalized spacial score (nSPS) is 8.22. The van der Waals surface area contributed by atoms with Crippen LogP contribution in [0.3, 0.4) is 0 Å². The summed E-state index contributed by atoms with van der Waals surface area (Å²) in [5.74, 6) is -0.354. The Kier molecular flexibility index (Phi) is 44.2. The molecule has 100 valence electrons. The van der Waals surface area contributed by atoms with E-state index in [0.717, 1.165) is 10.7 Å². The molecule has 0 amide bonds. The standard InChI is InChI=1S/C3H6Br2.C3H7O3S.2Na.O3S/c4-2-1-3-5;1-2-3-7(4,5)6;;;1-4(2)3/h1-3H2;1-3H2,(H,4,5,6);;;/q;-1;2*+1;/p-1. The Bertz CT molecular complexity index is 321. The Morgan fingerprint density at radius 3 is 1.33 bits per heavy atom. The first-order chi connectivity index (χ1) is 7.21. The summed E-state index contributed by atoms with van der Waals surface area (Å²) in [7, 11) is -7.10. The van der Waals surface area contributed by atoms with E-state index >= 15 is 0 Å². The summed E-state index contributed by atoms with van der Waals surface area (Å²) in [4.78, 5) is 0. The zero-order valence-corrected chi connectivity index (χ0v) is 19.1. The molecule has 0 aromatic rings. The number of halogens is 2. The molecule has 0 heterocycles. The van der Waals surface area contributed by atoms with Gasteiger partial charge in [0, 0.05) is 16.4 Å². The predicted octanol–water partition coefficient (Wildman–Crippen LogP) is -5.07. The van der Waals surface area contributed by atoms with Crippen molar-refractivity contribution < 1.29 is 84.7 Å². The van der Waals surface area contributed by atoms with Crippen molar-refractivity contribution in [3.05, 3.63) is 6.92 Å². The summed E-state index contributed by atoms with van der Waals surface area (Å²) < 4.78 is 54.2. The number of hydrogen-bond donors (Lipinski definition) is 0. The molecule has 0 aromatic heterocycles. The summed E-state index contributed by atoms with van der Waals surface area (Å²) >= 11 is 6.56. The van der Waals surface area contributed by atoms with Gasteiger partial charge in [-0.25, -0.2) is 8.42 Å². The van der Waals surface area contributed by atoms with Crippen LogP contribution in [-0.4, -0.2) is 42.0 Å². The fraction of sp³-hybridized carbons (Fsp3) is 0.833. The van der Waals surface area contributed by atoms with Crippen LogP contribution < -0.4 is 59.1 Å². The van der Waals surface area contributed by atoms with Crippen LogP contribution in [0.15, 0.2) is 0 Å². The second-order valence-corrected chi connectivity index (χ2v) is 5.57. The zero-order valence-electron chi connectivity index (χ0n) is 10.3. The van der Waals surface area contributed by atoms with E-state index in [1.807, 2.05) is 0 Å². The van der Waals surface area contributed by atoms with Crippen LogP contribution >= 0.6 is 31.9 Å². The second-order valence-electron chi connectivity index (χ2n) is 2.05. The van der Waals surface area contributed by atoms with Gasteiger partial charge in [-0.3, -0.25) is 0 Å². The minimum absolute atomic E-state index is 0. The predicted molar refractivity (Wildman–Crippen MR) is 66.4 cm³/mol. The molecule has 12 heteroatoms. The fourth-order valence-corrected chi connectivity index (χ4v) is 1.89. The third kappa shape index (κ3) is 78.5.